The summed E-state index contributed by atoms with van der Waals surface area (Å²) in [6.45, 7) is 6.15. The van der Waals surface area contributed by atoms with E-state index in [0.29, 0.717) is 0 Å². The maximum absolute atomic E-state index is 5.46. The monoisotopic (exact) mass is 524 g/mol. The Morgan fingerprint density at radius 2 is 1.77 bits per heavy atom. The number of para-hydroxylation sites is 1. The summed E-state index contributed by atoms with van der Waals surface area (Å²) in [7, 11) is 5.55. The van der Waals surface area contributed by atoms with Crippen LogP contribution in [0.5, 0.6) is 5.75 Å². The predicted octanol–water partition coefficient (Wildman–Crippen LogP) is 3.35. The second-order valence-electron chi connectivity index (χ2n) is 7.27. The number of nitrogens with one attached hydrogen (secondary N) is 1. The fraction of sp³-hybridized carbons (Fsp3) is 0.435. The van der Waals surface area contributed by atoms with Gasteiger partial charge < -0.3 is 19.7 Å². The molecule has 0 aliphatic carbocycles. The van der Waals surface area contributed by atoms with Crippen LogP contribution in [-0.4, -0.2) is 63.3 Å². The lowest BCUT2D eigenvalue weighted by Crippen LogP contribution is -2.38. The molecule has 6 nitrogen and oxygen atoms in total. The smallest absolute Gasteiger partial charge is 0.193 e. The molecule has 1 saturated heterocycles. The number of nitrogens with zero attached hydrogens (tertiary/aromatic N) is 3. The molecule has 0 atom stereocenters. The summed E-state index contributed by atoms with van der Waals surface area (Å²) < 4.78 is 10.9. The number of halogens is 1. The molecule has 0 aromatic heterocycles. The van der Waals surface area contributed by atoms with Gasteiger partial charge >= 0.3 is 0 Å². The Kier molecular flexibility index (Phi) is 10.4. The Hall–Kier alpha value is -1.84. The van der Waals surface area contributed by atoms with E-state index in [1.165, 1.54) is 11.1 Å². The molecule has 1 aliphatic rings. The summed E-state index contributed by atoms with van der Waals surface area (Å²) in [5, 5.41) is 3.45. The van der Waals surface area contributed by atoms with Gasteiger partial charge in [0, 0.05) is 52.4 Å². The minimum absolute atomic E-state index is 0. The van der Waals surface area contributed by atoms with Gasteiger partial charge in [-0.3, -0.25) is 9.89 Å². The van der Waals surface area contributed by atoms with E-state index in [0.717, 1.165) is 63.2 Å². The van der Waals surface area contributed by atoms with Crippen molar-refractivity contribution in [3.8, 4) is 5.75 Å². The van der Waals surface area contributed by atoms with Crippen LogP contribution in [0.3, 0.4) is 0 Å². The average Bonchev–Trinajstić information content (AvgIpc) is 2.76. The van der Waals surface area contributed by atoms with Gasteiger partial charge in [0.15, 0.2) is 5.96 Å². The van der Waals surface area contributed by atoms with Crippen LogP contribution >= 0.6 is 24.0 Å². The lowest BCUT2D eigenvalue weighted by atomic mass is 10.1. The van der Waals surface area contributed by atoms with E-state index in [4.69, 9.17) is 9.47 Å². The number of rotatable bonds is 7. The van der Waals surface area contributed by atoms with Crippen molar-refractivity contribution < 1.29 is 9.47 Å². The van der Waals surface area contributed by atoms with E-state index >= 15 is 0 Å². The molecular formula is C23H33IN4O2. The zero-order valence-corrected chi connectivity index (χ0v) is 20.5. The van der Waals surface area contributed by atoms with Crippen molar-refractivity contribution in [2.75, 3.05) is 47.5 Å². The Morgan fingerprint density at radius 3 is 2.43 bits per heavy atom. The van der Waals surface area contributed by atoms with Crippen LogP contribution in [0.15, 0.2) is 53.5 Å². The molecule has 1 N–H and O–H groups in total. The van der Waals surface area contributed by atoms with Crippen LogP contribution in [0.4, 0.5) is 0 Å². The van der Waals surface area contributed by atoms with Crippen molar-refractivity contribution in [2.45, 2.75) is 19.6 Å². The van der Waals surface area contributed by atoms with Crippen LogP contribution in [0.2, 0.25) is 0 Å². The number of benzene rings is 2. The van der Waals surface area contributed by atoms with Crippen LogP contribution in [0.25, 0.3) is 0 Å². The largest absolute Gasteiger partial charge is 0.496 e. The van der Waals surface area contributed by atoms with Gasteiger partial charge in [0.25, 0.3) is 0 Å². The number of hydrogen-bond donors (Lipinski definition) is 1. The van der Waals surface area contributed by atoms with E-state index < -0.39 is 0 Å². The molecule has 0 saturated carbocycles. The van der Waals surface area contributed by atoms with Gasteiger partial charge in [0.05, 0.1) is 20.3 Å². The summed E-state index contributed by atoms with van der Waals surface area (Å²) in [5.74, 6) is 1.75. The summed E-state index contributed by atoms with van der Waals surface area (Å²) in [6.07, 6.45) is 0. The first-order chi connectivity index (χ1) is 14.2. The highest BCUT2D eigenvalue weighted by molar-refractivity contribution is 14.0. The van der Waals surface area contributed by atoms with E-state index in [9.17, 15) is 0 Å². The van der Waals surface area contributed by atoms with E-state index in [1.807, 2.05) is 32.3 Å². The van der Waals surface area contributed by atoms with Crippen LogP contribution in [-0.2, 0) is 24.4 Å². The fourth-order valence-corrected chi connectivity index (χ4v) is 3.51. The van der Waals surface area contributed by atoms with E-state index in [2.05, 4.69) is 50.4 Å². The highest BCUT2D eigenvalue weighted by atomic mass is 127. The predicted molar refractivity (Wildman–Crippen MR) is 133 cm³/mol. The highest BCUT2D eigenvalue weighted by Crippen LogP contribution is 2.18. The third-order valence-corrected chi connectivity index (χ3v) is 5.16. The minimum Gasteiger partial charge on any atom is -0.496 e. The molecule has 1 aliphatic heterocycles. The fourth-order valence-electron chi connectivity index (χ4n) is 3.51. The zero-order chi connectivity index (χ0) is 20.5. The maximum atomic E-state index is 5.46. The molecule has 7 heteroatoms. The van der Waals surface area contributed by atoms with Crippen LogP contribution in [0, 0.1) is 0 Å². The Labute approximate surface area is 197 Å². The molecule has 164 valence electrons. The number of methoxy groups -OCH3 is 1. The van der Waals surface area contributed by atoms with Gasteiger partial charge in [0.1, 0.15) is 5.75 Å². The number of guanidine groups is 1. The van der Waals surface area contributed by atoms with Gasteiger partial charge in [-0.15, -0.1) is 24.0 Å². The second-order valence-corrected chi connectivity index (χ2v) is 7.27. The van der Waals surface area contributed by atoms with Crippen molar-refractivity contribution in [3.05, 3.63) is 65.2 Å². The molecule has 2 aromatic rings. The van der Waals surface area contributed by atoms with Crippen LogP contribution < -0.4 is 10.1 Å². The molecule has 0 unspecified atom stereocenters. The summed E-state index contributed by atoms with van der Waals surface area (Å²) in [4.78, 5) is 8.96. The first-order valence-corrected chi connectivity index (χ1v) is 10.1. The molecule has 0 radical (unpaired) electrons. The van der Waals surface area contributed by atoms with Crippen molar-refractivity contribution in [1.29, 1.82) is 0 Å². The van der Waals surface area contributed by atoms with Gasteiger partial charge in [-0.25, -0.2) is 0 Å². The number of ether oxygens (including phenoxy) is 2. The third-order valence-electron chi connectivity index (χ3n) is 5.16. The third kappa shape index (κ3) is 7.14. The van der Waals surface area contributed by atoms with Crippen LogP contribution in [0.1, 0.15) is 16.7 Å². The zero-order valence-electron chi connectivity index (χ0n) is 18.1. The molecule has 2 aromatic carbocycles. The topological polar surface area (TPSA) is 49.3 Å². The average molecular weight is 524 g/mol. The lowest BCUT2D eigenvalue weighted by molar-refractivity contribution is 0.0342. The number of morpholine rings is 1. The quantitative estimate of drug-likeness (QED) is 0.342. The summed E-state index contributed by atoms with van der Waals surface area (Å²) in [5.41, 5.74) is 3.71. The second kappa shape index (κ2) is 12.8. The van der Waals surface area contributed by atoms with Gasteiger partial charge in [-0.2, -0.15) is 0 Å². The van der Waals surface area contributed by atoms with Crippen molar-refractivity contribution in [3.63, 3.8) is 0 Å². The Balaban J connectivity index is 0.00000320. The SMILES string of the molecule is CN=C(NCc1ccc(CN2CCOCC2)cc1)N(C)Cc1ccccc1OC.I. The molecule has 0 bridgehead atoms. The summed E-state index contributed by atoms with van der Waals surface area (Å²) >= 11 is 0. The van der Waals surface area contributed by atoms with Crippen molar-refractivity contribution in [2.24, 2.45) is 4.99 Å². The number of aliphatic imine (C=N–C) groups is 1. The molecule has 0 amide bonds. The molecule has 0 spiro atoms. The molecule has 3 rings (SSSR count). The highest BCUT2D eigenvalue weighted by Gasteiger charge is 2.11. The maximum Gasteiger partial charge on any atom is 0.193 e. The first-order valence-electron chi connectivity index (χ1n) is 10.1. The first kappa shape index (κ1) is 24.4. The Bertz CT molecular complexity index is 792. The summed E-state index contributed by atoms with van der Waals surface area (Å²) in [6, 6.07) is 16.9. The van der Waals surface area contributed by atoms with Crippen molar-refractivity contribution >= 4 is 29.9 Å². The normalized spacial score (nSPS) is 14.7. The van der Waals surface area contributed by atoms with E-state index in [-0.39, 0.29) is 24.0 Å². The molecule has 1 heterocycles. The minimum atomic E-state index is 0. The lowest BCUT2D eigenvalue weighted by Gasteiger charge is -2.26. The molecule has 1 fully saturated rings. The van der Waals surface area contributed by atoms with Crippen molar-refractivity contribution in [1.82, 2.24) is 15.1 Å². The Morgan fingerprint density at radius 1 is 1.10 bits per heavy atom. The van der Waals surface area contributed by atoms with E-state index in [1.54, 1.807) is 7.11 Å². The molecule has 30 heavy (non-hydrogen) atoms. The van der Waals surface area contributed by atoms with Gasteiger partial charge in [-0.05, 0) is 17.2 Å². The van der Waals surface area contributed by atoms with Gasteiger partial charge in [-0.1, -0.05) is 42.5 Å². The standard InChI is InChI=1S/C23H32N4O2.HI/c1-24-23(26(2)18-21-6-4-5-7-22(21)28-3)25-16-19-8-10-20(11-9-19)17-27-12-14-29-15-13-27;/h4-11H,12-18H2,1-3H3,(H,24,25);1H. The molecular weight excluding hydrogens is 491 g/mol. The van der Waals surface area contributed by atoms with Gasteiger partial charge in [0.2, 0.25) is 0 Å². The number of hydrogen-bond acceptors (Lipinski definition) is 4.